The maximum Gasteiger partial charge on any atom is 0.257 e. The lowest BCUT2D eigenvalue weighted by Crippen LogP contribution is -2.12. The van der Waals surface area contributed by atoms with E-state index in [2.05, 4.69) is 16.4 Å². The Hall–Kier alpha value is -2.78. The van der Waals surface area contributed by atoms with Crippen LogP contribution in [-0.4, -0.2) is 10.9 Å². The van der Waals surface area contributed by atoms with Crippen LogP contribution in [0.5, 0.6) is 0 Å². The first-order chi connectivity index (χ1) is 11.2. The van der Waals surface area contributed by atoms with Gasteiger partial charge in [0.25, 0.3) is 5.91 Å². The minimum absolute atomic E-state index is 0.213. The number of carbonyl (C=O) groups excluding carboxylic acids is 1. The molecule has 0 atom stereocenters. The molecule has 112 valence electrons. The van der Waals surface area contributed by atoms with Crippen molar-refractivity contribution in [2.24, 2.45) is 0 Å². The smallest absolute Gasteiger partial charge is 0.257 e. The largest absolute Gasteiger partial charge is 0.355 e. The van der Waals surface area contributed by atoms with E-state index in [1.165, 1.54) is 0 Å². The van der Waals surface area contributed by atoms with E-state index in [-0.39, 0.29) is 5.91 Å². The molecule has 1 aromatic heterocycles. The number of anilines is 1. The third-order valence-electron chi connectivity index (χ3n) is 3.88. The number of benzene rings is 3. The van der Waals surface area contributed by atoms with Crippen LogP contribution in [0.1, 0.15) is 10.4 Å². The van der Waals surface area contributed by atoms with E-state index in [0.29, 0.717) is 10.6 Å². The Bertz CT molecular complexity index is 1040. The molecule has 0 aliphatic rings. The molecular weight excluding hydrogens is 308 g/mol. The molecule has 0 fully saturated rings. The highest BCUT2D eigenvalue weighted by Crippen LogP contribution is 2.28. The van der Waals surface area contributed by atoms with Crippen molar-refractivity contribution >= 4 is 45.0 Å². The first-order valence-electron chi connectivity index (χ1n) is 7.29. The Morgan fingerprint density at radius 2 is 1.61 bits per heavy atom. The zero-order chi connectivity index (χ0) is 15.8. The SMILES string of the molecule is O=C(Nc1ccc2[nH]c3ccccc3c2c1)c1ccccc1Cl. The fourth-order valence-corrected chi connectivity index (χ4v) is 2.99. The van der Waals surface area contributed by atoms with Gasteiger partial charge in [-0.2, -0.15) is 0 Å². The van der Waals surface area contributed by atoms with Gasteiger partial charge in [0, 0.05) is 27.5 Å². The van der Waals surface area contributed by atoms with E-state index in [1.807, 2.05) is 36.4 Å². The van der Waals surface area contributed by atoms with Gasteiger partial charge in [0.15, 0.2) is 0 Å². The summed E-state index contributed by atoms with van der Waals surface area (Å²) in [5.74, 6) is -0.213. The van der Waals surface area contributed by atoms with Crippen molar-refractivity contribution in [3.05, 3.63) is 77.3 Å². The Labute approximate surface area is 137 Å². The number of fused-ring (bicyclic) bond motifs is 3. The fourth-order valence-electron chi connectivity index (χ4n) is 2.77. The van der Waals surface area contributed by atoms with Crippen molar-refractivity contribution in [1.29, 1.82) is 0 Å². The Morgan fingerprint density at radius 3 is 2.48 bits per heavy atom. The van der Waals surface area contributed by atoms with Crippen LogP contribution < -0.4 is 5.32 Å². The number of nitrogens with one attached hydrogen (secondary N) is 2. The highest BCUT2D eigenvalue weighted by molar-refractivity contribution is 6.34. The number of halogens is 1. The van der Waals surface area contributed by atoms with Gasteiger partial charge in [-0.15, -0.1) is 0 Å². The molecule has 0 aliphatic heterocycles. The molecule has 23 heavy (non-hydrogen) atoms. The molecule has 4 aromatic rings. The van der Waals surface area contributed by atoms with E-state index in [9.17, 15) is 4.79 Å². The molecule has 0 saturated carbocycles. The standard InChI is InChI=1S/C19H13ClN2O/c20-16-7-3-1-6-14(16)19(23)21-12-9-10-18-15(11-12)13-5-2-4-8-17(13)22-18/h1-11,22H,(H,21,23). The summed E-state index contributed by atoms with van der Waals surface area (Å²) in [6.45, 7) is 0. The van der Waals surface area contributed by atoms with Crippen molar-refractivity contribution in [3.8, 4) is 0 Å². The van der Waals surface area contributed by atoms with Crippen LogP contribution in [0.2, 0.25) is 5.02 Å². The predicted molar refractivity (Wildman–Crippen MR) is 95.2 cm³/mol. The van der Waals surface area contributed by atoms with Gasteiger partial charge in [0.05, 0.1) is 10.6 Å². The second-order valence-electron chi connectivity index (χ2n) is 5.36. The molecule has 3 aromatic carbocycles. The molecule has 1 heterocycles. The number of amides is 1. The molecule has 4 heteroatoms. The Kier molecular flexibility index (Phi) is 3.28. The van der Waals surface area contributed by atoms with Crippen molar-refractivity contribution < 1.29 is 4.79 Å². The number of hydrogen-bond donors (Lipinski definition) is 2. The average molecular weight is 321 g/mol. The summed E-state index contributed by atoms with van der Waals surface area (Å²) in [6.07, 6.45) is 0. The van der Waals surface area contributed by atoms with Gasteiger partial charge in [-0.05, 0) is 36.4 Å². The molecule has 0 aliphatic carbocycles. The van der Waals surface area contributed by atoms with Crippen LogP contribution in [0.4, 0.5) is 5.69 Å². The van der Waals surface area contributed by atoms with E-state index < -0.39 is 0 Å². The number of aromatic nitrogens is 1. The molecule has 4 rings (SSSR count). The Morgan fingerprint density at radius 1 is 0.870 bits per heavy atom. The number of aromatic amines is 1. The molecule has 1 amide bonds. The van der Waals surface area contributed by atoms with Gasteiger partial charge in [-0.25, -0.2) is 0 Å². The van der Waals surface area contributed by atoms with Gasteiger partial charge in [0.1, 0.15) is 0 Å². The summed E-state index contributed by atoms with van der Waals surface area (Å²) in [6, 6.07) is 20.9. The van der Waals surface area contributed by atoms with Crippen LogP contribution >= 0.6 is 11.6 Å². The number of H-pyrrole nitrogens is 1. The predicted octanol–water partition coefficient (Wildman–Crippen LogP) is 5.23. The van der Waals surface area contributed by atoms with Crippen LogP contribution in [0.25, 0.3) is 21.8 Å². The summed E-state index contributed by atoms with van der Waals surface area (Å²) in [5.41, 5.74) is 3.33. The number of hydrogen-bond acceptors (Lipinski definition) is 1. The van der Waals surface area contributed by atoms with Crippen molar-refractivity contribution in [2.45, 2.75) is 0 Å². The Balaban J connectivity index is 1.73. The monoisotopic (exact) mass is 320 g/mol. The van der Waals surface area contributed by atoms with Gasteiger partial charge in [0.2, 0.25) is 0 Å². The number of carbonyl (C=O) groups is 1. The molecule has 0 unspecified atom stereocenters. The molecule has 0 spiro atoms. The van der Waals surface area contributed by atoms with Crippen LogP contribution in [-0.2, 0) is 0 Å². The summed E-state index contributed by atoms with van der Waals surface area (Å²) in [4.78, 5) is 15.7. The summed E-state index contributed by atoms with van der Waals surface area (Å²) in [7, 11) is 0. The second-order valence-corrected chi connectivity index (χ2v) is 5.77. The lowest BCUT2D eigenvalue weighted by Gasteiger charge is -2.07. The third-order valence-corrected chi connectivity index (χ3v) is 4.21. The van der Waals surface area contributed by atoms with E-state index in [4.69, 9.17) is 11.6 Å². The molecule has 0 bridgehead atoms. The maximum atomic E-state index is 12.4. The maximum absolute atomic E-state index is 12.4. The fraction of sp³-hybridized carbons (Fsp3) is 0. The topological polar surface area (TPSA) is 44.9 Å². The summed E-state index contributed by atoms with van der Waals surface area (Å²) >= 11 is 6.08. The van der Waals surface area contributed by atoms with Crippen LogP contribution in [0.15, 0.2) is 66.7 Å². The number of para-hydroxylation sites is 1. The van der Waals surface area contributed by atoms with Gasteiger partial charge < -0.3 is 10.3 Å². The van der Waals surface area contributed by atoms with E-state index >= 15 is 0 Å². The normalized spacial score (nSPS) is 11.0. The number of rotatable bonds is 2. The van der Waals surface area contributed by atoms with Crippen molar-refractivity contribution in [2.75, 3.05) is 5.32 Å². The van der Waals surface area contributed by atoms with Crippen LogP contribution in [0.3, 0.4) is 0 Å². The molecule has 0 radical (unpaired) electrons. The first kappa shape index (κ1) is 13.9. The molecule has 0 saturated heterocycles. The van der Waals surface area contributed by atoms with E-state index in [1.54, 1.807) is 24.3 Å². The molecule has 2 N–H and O–H groups in total. The summed E-state index contributed by atoms with van der Waals surface area (Å²) in [5, 5.41) is 5.57. The highest BCUT2D eigenvalue weighted by atomic mass is 35.5. The second kappa shape index (κ2) is 5.45. The third kappa shape index (κ3) is 2.45. The lowest BCUT2D eigenvalue weighted by atomic mass is 10.1. The zero-order valence-corrected chi connectivity index (χ0v) is 12.9. The lowest BCUT2D eigenvalue weighted by molar-refractivity contribution is 0.102. The van der Waals surface area contributed by atoms with E-state index in [0.717, 1.165) is 27.5 Å². The first-order valence-corrected chi connectivity index (χ1v) is 7.66. The van der Waals surface area contributed by atoms with Crippen molar-refractivity contribution in [1.82, 2.24) is 4.98 Å². The molecular formula is C19H13ClN2O. The minimum atomic E-state index is -0.213. The molecule has 3 nitrogen and oxygen atoms in total. The van der Waals surface area contributed by atoms with Crippen LogP contribution in [0, 0.1) is 0 Å². The minimum Gasteiger partial charge on any atom is -0.355 e. The van der Waals surface area contributed by atoms with Gasteiger partial charge in [-0.3, -0.25) is 4.79 Å². The highest BCUT2D eigenvalue weighted by Gasteiger charge is 2.11. The summed E-state index contributed by atoms with van der Waals surface area (Å²) < 4.78 is 0. The van der Waals surface area contributed by atoms with Gasteiger partial charge >= 0.3 is 0 Å². The van der Waals surface area contributed by atoms with Crippen molar-refractivity contribution in [3.63, 3.8) is 0 Å². The quantitative estimate of drug-likeness (QED) is 0.522. The van der Waals surface area contributed by atoms with Gasteiger partial charge in [-0.1, -0.05) is 41.9 Å². The zero-order valence-electron chi connectivity index (χ0n) is 12.1. The average Bonchev–Trinajstić information content (AvgIpc) is 2.93.